The van der Waals surface area contributed by atoms with Gasteiger partial charge in [-0.15, -0.1) is 11.3 Å². The molecule has 1 saturated heterocycles. The summed E-state index contributed by atoms with van der Waals surface area (Å²) >= 11 is 7.31. The van der Waals surface area contributed by atoms with E-state index >= 15 is 0 Å². The second kappa shape index (κ2) is 6.96. The van der Waals surface area contributed by atoms with Crippen molar-refractivity contribution >= 4 is 40.8 Å². The van der Waals surface area contributed by atoms with E-state index in [2.05, 4.69) is 5.32 Å². The SMILES string of the molecule is CC1CCCCC12NC(=O)N(CC(=O)N(C)Cc1ccc(Cl)s1)C2=O. The summed E-state index contributed by atoms with van der Waals surface area (Å²) in [4.78, 5) is 41.2. The van der Waals surface area contributed by atoms with Crippen LogP contribution in [0.1, 0.15) is 37.5 Å². The molecule has 2 heterocycles. The highest BCUT2D eigenvalue weighted by molar-refractivity contribution is 7.16. The minimum atomic E-state index is -0.824. The number of nitrogens with one attached hydrogen (secondary N) is 1. The highest BCUT2D eigenvalue weighted by Gasteiger charge is 2.55. The first kappa shape index (κ1) is 18.2. The third-order valence-electron chi connectivity index (χ3n) is 5.24. The van der Waals surface area contributed by atoms with Crippen LogP contribution < -0.4 is 5.32 Å². The van der Waals surface area contributed by atoms with Crippen molar-refractivity contribution in [3.05, 3.63) is 21.3 Å². The number of hydrogen-bond donors (Lipinski definition) is 1. The largest absolute Gasteiger partial charge is 0.339 e. The number of thiophene rings is 1. The molecule has 4 amide bonds. The molecule has 6 nitrogen and oxygen atoms in total. The summed E-state index contributed by atoms with van der Waals surface area (Å²) in [6, 6.07) is 3.19. The first-order valence-corrected chi connectivity index (χ1v) is 9.65. The monoisotopic (exact) mass is 383 g/mol. The maximum atomic E-state index is 12.9. The van der Waals surface area contributed by atoms with Crippen LogP contribution in [0.5, 0.6) is 0 Å². The van der Waals surface area contributed by atoms with Crippen LogP contribution >= 0.6 is 22.9 Å². The van der Waals surface area contributed by atoms with Gasteiger partial charge in [-0.25, -0.2) is 4.79 Å². The van der Waals surface area contributed by atoms with E-state index in [1.54, 1.807) is 13.1 Å². The van der Waals surface area contributed by atoms with E-state index in [0.717, 1.165) is 29.0 Å². The van der Waals surface area contributed by atoms with Gasteiger partial charge in [-0.3, -0.25) is 14.5 Å². The molecule has 2 aliphatic rings. The van der Waals surface area contributed by atoms with Crippen LogP contribution in [0.3, 0.4) is 0 Å². The predicted octanol–water partition coefficient (Wildman–Crippen LogP) is 2.86. The van der Waals surface area contributed by atoms with Crippen molar-refractivity contribution in [1.29, 1.82) is 0 Å². The molecule has 25 heavy (non-hydrogen) atoms. The number of hydrogen-bond acceptors (Lipinski definition) is 4. The molecule has 1 aliphatic heterocycles. The van der Waals surface area contributed by atoms with E-state index in [9.17, 15) is 14.4 Å². The van der Waals surface area contributed by atoms with Gasteiger partial charge in [0.15, 0.2) is 0 Å². The van der Waals surface area contributed by atoms with Crippen molar-refractivity contribution in [3.63, 3.8) is 0 Å². The summed E-state index contributed by atoms with van der Waals surface area (Å²) in [6.07, 6.45) is 3.54. The molecule has 1 aromatic heterocycles. The number of carbonyl (C=O) groups excluding carboxylic acids is 3. The molecule has 0 radical (unpaired) electrons. The zero-order valence-electron chi connectivity index (χ0n) is 14.4. The van der Waals surface area contributed by atoms with Gasteiger partial charge in [-0.2, -0.15) is 0 Å². The number of nitrogens with zero attached hydrogens (tertiary/aromatic N) is 2. The minimum Gasteiger partial charge on any atom is -0.339 e. The number of amides is 4. The molecule has 2 fully saturated rings. The van der Waals surface area contributed by atoms with Gasteiger partial charge < -0.3 is 10.2 Å². The Hall–Kier alpha value is -1.60. The van der Waals surface area contributed by atoms with E-state index in [1.165, 1.54) is 16.2 Å². The van der Waals surface area contributed by atoms with Crippen molar-refractivity contribution < 1.29 is 14.4 Å². The molecule has 1 spiro atoms. The summed E-state index contributed by atoms with van der Waals surface area (Å²) in [5.74, 6) is -0.442. The van der Waals surface area contributed by atoms with Crippen LogP contribution in [-0.2, 0) is 16.1 Å². The van der Waals surface area contributed by atoms with Gasteiger partial charge in [0.1, 0.15) is 12.1 Å². The Bertz CT molecular complexity index is 707. The molecule has 1 aliphatic carbocycles. The van der Waals surface area contributed by atoms with Gasteiger partial charge in [-0.1, -0.05) is 31.4 Å². The van der Waals surface area contributed by atoms with Crippen molar-refractivity contribution in [3.8, 4) is 0 Å². The predicted molar refractivity (Wildman–Crippen MR) is 96.4 cm³/mol. The lowest BCUT2D eigenvalue weighted by atomic mass is 9.73. The Kier molecular flexibility index (Phi) is 5.06. The Balaban J connectivity index is 1.66. The topological polar surface area (TPSA) is 69.7 Å². The average Bonchev–Trinajstić information content (AvgIpc) is 3.07. The van der Waals surface area contributed by atoms with Crippen molar-refractivity contribution in [1.82, 2.24) is 15.1 Å². The van der Waals surface area contributed by atoms with Crippen molar-refractivity contribution in [2.24, 2.45) is 5.92 Å². The summed E-state index contributed by atoms with van der Waals surface area (Å²) in [7, 11) is 1.66. The minimum absolute atomic E-state index is 0.0868. The fraction of sp³-hybridized carbons (Fsp3) is 0.588. The molecule has 1 N–H and O–H groups in total. The smallest absolute Gasteiger partial charge is 0.325 e. The quantitative estimate of drug-likeness (QED) is 0.813. The number of rotatable bonds is 4. The van der Waals surface area contributed by atoms with Crippen molar-refractivity contribution in [2.45, 2.75) is 44.7 Å². The second-order valence-corrected chi connectivity index (χ2v) is 8.69. The fourth-order valence-electron chi connectivity index (χ4n) is 3.65. The summed E-state index contributed by atoms with van der Waals surface area (Å²) in [5, 5.41) is 2.87. The lowest BCUT2D eigenvalue weighted by Crippen LogP contribution is -2.54. The summed E-state index contributed by atoms with van der Waals surface area (Å²) in [6.45, 7) is 2.17. The third kappa shape index (κ3) is 3.40. The average molecular weight is 384 g/mol. The molecular weight excluding hydrogens is 362 g/mol. The molecular formula is C17H22ClN3O3S. The van der Waals surface area contributed by atoms with Crippen LogP contribution in [-0.4, -0.2) is 46.8 Å². The van der Waals surface area contributed by atoms with Crippen LogP contribution in [0, 0.1) is 5.92 Å². The lowest BCUT2D eigenvalue weighted by molar-refractivity contribution is -0.140. The molecule has 2 unspecified atom stereocenters. The maximum Gasteiger partial charge on any atom is 0.325 e. The number of imide groups is 1. The molecule has 1 saturated carbocycles. The standard InChI is InChI=1S/C17H22ClN3O3S/c1-11-5-3-4-8-17(11)15(23)21(16(24)19-17)10-14(22)20(2)9-12-6-7-13(18)25-12/h6-7,11H,3-5,8-10H2,1-2H3,(H,19,24). The van der Waals surface area contributed by atoms with E-state index < -0.39 is 11.6 Å². The van der Waals surface area contributed by atoms with Crippen LogP contribution in [0.15, 0.2) is 12.1 Å². The fourth-order valence-corrected chi connectivity index (χ4v) is 4.79. The van der Waals surface area contributed by atoms with Gasteiger partial charge in [0.25, 0.3) is 5.91 Å². The van der Waals surface area contributed by atoms with Crippen LogP contribution in [0.25, 0.3) is 0 Å². The number of likely N-dealkylation sites (N-methyl/N-ethyl adjacent to an activating group) is 1. The van der Waals surface area contributed by atoms with Gasteiger partial charge >= 0.3 is 6.03 Å². The second-order valence-electron chi connectivity index (χ2n) is 6.90. The molecule has 1 aromatic rings. The number of halogens is 1. The zero-order chi connectivity index (χ0) is 18.2. The lowest BCUT2D eigenvalue weighted by Gasteiger charge is -2.36. The Labute approximate surface area is 156 Å². The summed E-state index contributed by atoms with van der Waals surface area (Å²) in [5.41, 5.74) is -0.824. The molecule has 2 atom stereocenters. The highest BCUT2D eigenvalue weighted by Crippen LogP contribution is 2.38. The number of urea groups is 1. The first-order valence-electron chi connectivity index (χ1n) is 8.46. The first-order chi connectivity index (χ1) is 11.8. The van der Waals surface area contributed by atoms with Gasteiger partial charge in [-0.05, 0) is 30.9 Å². The molecule has 0 bridgehead atoms. The Morgan fingerprint density at radius 3 is 2.84 bits per heavy atom. The molecule has 136 valence electrons. The Morgan fingerprint density at radius 1 is 1.44 bits per heavy atom. The molecule has 3 rings (SSSR count). The molecule has 8 heteroatoms. The van der Waals surface area contributed by atoms with Crippen LogP contribution in [0.4, 0.5) is 4.79 Å². The highest BCUT2D eigenvalue weighted by atomic mass is 35.5. The Morgan fingerprint density at radius 2 is 2.20 bits per heavy atom. The van der Waals surface area contributed by atoms with E-state index in [0.29, 0.717) is 17.3 Å². The van der Waals surface area contributed by atoms with Gasteiger partial charge in [0.05, 0.1) is 10.9 Å². The van der Waals surface area contributed by atoms with Crippen LogP contribution in [0.2, 0.25) is 4.34 Å². The molecule has 0 aromatic carbocycles. The number of carbonyl (C=O) groups is 3. The summed E-state index contributed by atoms with van der Waals surface area (Å²) < 4.78 is 0.665. The van der Waals surface area contributed by atoms with Gasteiger partial charge in [0, 0.05) is 11.9 Å². The maximum absolute atomic E-state index is 12.9. The normalized spacial score (nSPS) is 26.2. The van der Waals surface area contributed by atoms with E-state index in [1.807, 2.05) is 13.0 Å². The zero-order valence-corrected chi connectivity index (χ0v) is 16.0. The van der Waals surface area contributed by atoms with E-state index in [-0.39, 0.29) is 24.3 Å². The van der Waals surface area contributed by atoms with Crippen molar-refractivity contribution in [2.75, 3.05) is 13.6 Å². The van der Waals surface area contributed by atoms with Gasteiger partial charge in [0.2, 0.25) is 5.91 Å². The van der Waals surface area contributed by atoms with E-state index in [4.69, 9.17) is 11.6 Å². The third-order valence-corrected chi connectivity index (χ3v) is 6.46.